The summed E-state index contributed by atoms with van der Waals surface area (Å²) in [6.45, 7) is 4.77. The molecule has 1 aliphatic rings. The molecule has 6 heteroatoms. The van der Waals surface area contributed by atoms with Gasteiger partial charge in [-0.1, -0.05) is 42.0 Å². The van der Waals surface area contributed by atoms with E-state index >= 15 is 0 Å². The molecule has 0 aliphatic carbocycles. The Morgan fingerprint density at radius 1 is 1.04 bits per heavy atom. The first kappa shape index (κ1) is 20.6. The lowest BCUT2D eigenvalue weighted by Crippen LogP contribution is -2.49. The number of carbonyl (C=O) groups excluding carboxylic acids is 1. The average molecular weight is 445 g/mol. The normalized spacial score (nSPS) is 16.0. The van der Waals surface area contributed by atoms with Gasteiger partial charge < -0.3 is 10.0 Å². The first-order valence-corrected chi connectivity index (χ1v) is 10.3. The number of aliphatic carboxylic acids is 1. The summed E-state index contributed by atoms with van der Waals surface area (Å²) in [6.07, 6.45) is 0.700. The lowest BCUT2D eigenvalue weighted by Gasteiger charge is -2.39. The van der Waals surface area contributed by atoms with Crippen molar-refractivity contribution < 1.29 is 14.7 Å². The molecule has 1 N–H and O–H groups in total. The van der Waals surface area contributed by atoms with Crippen molar-refractivity contribution >= 4 is 27.8 Å². The molecule has 1 atom stereocenters. The predicted molar refractivity (Wildman–Crippen MR) is 112 cm³/mol. The van der Waals surface area contributed by atoms with Gasteiger partial charge >= 0.3 is 5.97 Å². The molecule has 0 saturated carbocycles. The molecule has 28 heavy (non-hydrogen) atoms. The Bertz CT molecular complexity index is 830. The lowest BCUT2D eigenvalue weighted by atomic mass is 9.98. The molecule has 0 radical (unpaired) electrons. The zero-order valence-corrected chi connectivity index (χ0v) is 17.6. The molecule has 0 spiro atoms. The van der Waals surface area contributed by atoms with E-state index in [9.17, 15) is 9.59 Å². The van der Waals surface area contributed by atoms with E-state index in [-0.39, 0.29) is 18.4 Å². The van der Waals surface area contributed by atoms with E-state index in [4.69, 9.17) is 5.11 Å². The lowest BCUT2D eigenvalue weighted by molar-refractivity contribution is -0.137. The predicted octanol–water partition coefficient (Wildman–Crippen LogP) is 4.12. The third-order valence-corrected chi connectivity index (χ3v) is 5.93. The summed E-state index contributed by atoms with van der Waals surface area (Å²) in [5.41, 5.74) is 3.00. The third-order valence-electron chi connectivity index (χ3n) is 5.24. The van der Waals surface area contributed by atoms with Crippen LogP contribution in [0.5, 0.6) is 0 Å². The molecule has 2 aromatic rings. The number of amides is 1. The number of rotatable bonds is 6. The van der Waals surface area contributed by atoms with Crippen molar-refractivity contribution in [1.29, 1.82) is 0 Å². The molecule has 1 heterocycles. The maximum atomic E-state index is 12.8. The number of hydrogen-bond acceptors (Lipinski definition) is 3. The second kappa shape index (κ2) is 9.34. The zero-order chi connectivity index (χ0) is 20.1. The number of aryl methyl sites for hydroxylation is 1. The largest absolute Gasteiger partial charge is 0.481 e. The van der Waals surface area contributed by atoms with Crippen molar-refractivity contribution in [3.05, 3.63) is 69.7 Å². The van der Waals surface area contributed by atoms with Crippen LogP contribution in [0, 0.1) is 6.92 Å². The van der Waals surface area contributed by atoms with E-state index in [0.717, 1.165) is 23.1 Å². The summed E-state index contributed by atoms with van der Waals surface area (Å²) < 4.78 is 0.807. The van der Waals surface area contributed by atoms with Crippen LogP contribution in [0.1, 0.15) is 40.4 Å². The van der Waals surface area contributed by atoms with E-state index in [2.05, 4.69) is 45.1 Å². The quantitative estimate of drug-likeness (QED) is 0.727. The molecule has 0 aromatic heterocycles. The van der Waals surface area contributed by atoms with Gasteiger partial charge in [-0.05, 0) is 47.0 Å². The first-order chi connectivity index (χ1) is 13.5. The summed E-state index contributed by atoms with van der Waals surface area (Å²) in [6, 6.07) is 15.8. The Morgan fingerprint density at radius 3 is 2.29 bits per heavy atom. The topological polar surface area (TPSA) is 60.9 Å². The van der Waals surface area contributed by atoms with Gasteiger partial charge in [0.2, 0.25) is 0 Å². The number of halogens is 1. The second-order valence-corrected chi connectivity index (χ2v) is 8.02. The van der Waals surface area contributed by atoms with Gasteiger partial charge in [-0.25, -0.2) is 0 Å². The van der Waals surface area contributed by atoms with Crippen molar-refractivity contribution in [1.82, 2.24) is 9.80 Å². The molecule has 1 fully saturated rings. The van der Waals surface area contributed by atoms with Crippen LogP contribution in [-0.4, -0.2) is 53.0 Å². The number of piperazine rings is 1. The Balaban J connectivity index is 1.69. The van der Waals surface area contributed by atoms with Crippen LogP contribution in [0.4, 0.5) is 0 Å². The minimum Gasteiger partial charge on any atom is -0.481 e. The van der Waals surface area contributed by atoms with Gasteiger partial charge in [-0.2, -0.15) is 0 Å². The fraction of sp³-hybridized carbons (Fsp3) is 0.364. The van der Waals surface area contributed by atoms with Crippen LogP contribution >= 0.6 is 15.9 Å². The van der Waals surface area contributed by atoms with E-state index in [0.29, 0.717) is 25.1 Å². The highest BCUT2D eigenvalue weighted by atomic mass is 79.9. The minimum absolute atomic E-state index is 0.0320. The zero-order valence-electron chi connectivity index (χ0n) is 16.0. The van der Waals surface area contributed by atoms with Crippen molar-refractivity contribution in [2.75, 3.05) is 26.2 Å². The van der Waals surface area contributed by atoms with Crippen LogP contribution in [0.25, 0.3) is 0 Å². The summed E-state index contributed by atoms with van der Waals surface area (Å²) >= 11 is 3.46. The number of benzene rings is 2. The van der Waals surface area contributed by atoms with Crippen molar-refractivity contribution in [2.45, 2.75) is 25.8 Å². The van der Waals surface area contributed by atoms with Crippen LogP contribution in [0.3, 0.4) is 0 Å². The van der Waals surface area contributed by atoms with Gasteiger partial charge in [0.25, 0.3) is 5.91 Å². The van der Waals surface area contributed by atoms with E-state index in [1.165, 1.54) is 5.56 Å². The highest BCUT2D eigenvalue weighted by Crippen LogP contribution is 2.28. The fourth-order valence-electron chi connectivity index (χ4n) is 3.65. The number of carboxylic acid groups (broad SMARTS) is 1. The molecule has 5 nitrogen and oxygen atoms in total. The molecule has 1 amide bonds. The first-order valence-electron chi connectivity index (χ1n) is 9.52. The minimum atomic E-state index is -0.778. The van der Waals surface area contributed by atoms with Gasteiger partial charge in [0.1, 0.15) is 0 Å². The molecular weight excluding hydrogens is 420 g/mol. The van der Waals surface area contributed by atoms with Gasteiger partial charge in [0, 0.05) is 43.1 Å². The third kappa shape index (κ3) is 5.00. The highest BCUT2D eigenvalue weighted by Gasteiger charge is 2.28. The second-order valence-electron chi connectivity index (χ2n) is 7.17. The average Bonchev–Trinajstić information content (AvgIpc) is 2.69. The maximum absolute atomic E-state index is 12.8. The highest BCUT2D eigenvalue weighted by molar-refractivity contribution is 9.10. The Kier molecular flexibility index (Phi) is 6.86. The Morgan fingerprint density at radius 2 is 1.68 bits per heavy atom. The van der Waals surface area contributed by atoms with Crippen molar-refractivity contribution in [3.8, 4) is 0 Å². The standard InChI is InChI=1S/C22H25BrN2O3/c1-16-6-8-17(9-7-16)20(10-11-21(26)27)24-12-14-25(15-13-24)22(28)18-4-2-3-5-19(18)23/h2-9,20H,10-15H2,1H3,(H,26,27)/t20-/m0/s1. The van der Waals surface area contributed by atoms with Crippen molar-refractivity contribution in [3.63, 3.8) is 0 Å². The van der Waals surface area contributed by atoms with E-state index < -0.39 is 5.97 Å². The molecule has 1 saturated heterocycles. The smallest absolute Gasteiger partial charge is 0.303 e. The summed E-state index contributed by atoms with van der Waals surface area (Å²) in [5.74, 6) is -0.746. The Labute approximate surface area is 174 Å². The van der Waals surface area contributed by atoms with Crippen molar-refractivity contribution in [2.24, 2.45) is 0 Å². The maximum Gasteiger partial charge on any atom is 0.303 e. The van der Waals surface area contributed by atoms with Crippen LogP contribution in [-0.2, 0) is 4.79 Å². The molecule has 0 unspecified atom stereocenters. The van der Waals surface area contributed by atoms with Gasteiger partial charge in [0.05, 0.1) is 5.56 Å². The molecule has 0 bridgehead atoms. The summed E-state index contributed by atoms with van der Waals surface area (Å²) in [5, 5.41) is 9.14. The van der Waals surface area contributed by atoms with E-state index in [1.54, 1.807) is 0 Å². The van der Waals surface area contributed by atoms with Crippen LogP contribution < -0.4 is 0 Å². The molecule has 2 aromatic carbocycles. The van der Waals surface area contributed by atoms with E-state index in [1.807, 2.05) is 36.1 Å². The van der Waals surface area contributed by atoms with Gasteiger partial charge in [0.15, 0.2) is 0 Å². The SMILES string of the molecule is Cc1ccc([C@H](CCC(=O)O)N2CCN(C(=O)c3ccccc3Br)CC2)cc1. The van der Waals surface area contributed by atoms with Gasteiger partial charge in [-0.15, -0.1) is 0 Å². The Hall–Kier alpha value is -2.18. The summed E-state index contributed by atoms with van der Waals surface area (Å²) in [4.78, 5) is 28.1. The molecule has 148 valence electrons. The summed E-state index contributed by atoms with van der Waals surface area (Å²) in [7, 11) is 0. The number of carbonyl (C=O) groups is 2. The molecule has 3 rings (SSSR count). The van der Waals surface area contributed by atoms with Crippen LogP contribution in [0.2, 0.25) is 0 Å². The monoisotopic (exact) mass is 444 g/mol. The molecular formula is C22H25BrN2O3. The number of nitrogens with zero attached hydrogens (tertiary/aromatic N) is 2. The fourth-order valence-corrected chi connectivity index (χ4v) is 4.10. The number of carboxylic acids is 1. The van der Waals surface area contributed by atoms with Crippen LogP contribution in [0.15, 0.2) is 53.0 Å². The molecule has 1 aliphatic heterocycles. The number of hydrogen-bond donors (Lipinski definition) is 1. The van der Waals surface area contributed by atoms with Gasteiger partial charge in [-0.3, -0.25) is 14.5 Å².